The molecule has 0 aromatic carbocycles. The SMILES string of the molecule is O=C(CNC(=O)N1CCCN(CC(F)(F)F)CC1)N1CCCC1. The zero-order chi connectivity index (χ0) is 16.9. The molecule has 0 unspecified atom stereocenters. The van der Waals surface area contributed by atoms with Crippen LogP contribution >= 0.6 is 0 Å². The number of carbonyl (C=O) groups is 2. The van der Waals surface area contributed by atoms with E-state index in [1.165, 1.54) is 9.80 Å². The van der Waals surface area contributed by atoms with Gasteiger partial charge in [-0.2, -0.15) is 13.2 Å². The number of rotatable bonds is 3. The van der Waals surface area contributed by atoms with Crippen molar-refractivity contribution in [1.29, 1.82) is 0 Å². The summed E-state index contributed by atoms with van der Waals surface area (Å²) in [7, 11) is 0. The first-order chi connectivity index (χ1) is 10.8. The van der Waals surface area contributed by atoms with Crippen molar-refractivity contribution in [3.63, 3.8) is 0 Å². The van der Waals surface area contributed by atoms with Crippen molar-refractivity contribution in [2.24, 2.45) is 0 Å². The molecule has 23 heavy (non-hydrogen) atoms. The first-order valence-electron chi connectivity index (χ1n) is 7.95. The van der Waals surface area contributed by atoms with E-state index < -0.39 is 12.7 Å². The second-order valence-corrected chi connectivity index (χ2v) is 5.98. The smallest absolute Gasteiger partial charge is 0.341 e. The van der Waals surface area contributed by atoms with Crippen LogP contribution in [0.15, 0.2) is 0 Å². The minimum absolute atomic E-state index is 0.0540. The summed E-state index contributed by atoms with van der Waals surface area (Å²) in [5, 5.41) is 2.57. The summed E-state index contributed by atoms with van der Waals surface area (Å²) in [5.74, 6) is -0.107. The van der Waals surface area contributed by atoms with E-state index in [1.54, 1.807) is 4.90 Å². The molecule has 0 spiro atoms. The van der Waals surface area contributed by atoms with Gasteiger partial charge in [0, 0.05) is 39.3 Å². The standard InChI is InChI=1S/C14H23F3N4O2/c15-14(16,17)11-19-4-3-7-21(9-8-19)13(23)18-10-12(22)20-5-1-2-6-20/h1-11H2,(H,18,23). The average molecular weight is 336 g/mol. The topological polar surface area (TPSA) is 55.9 Å². The van der Waals surface area contributed by atoms with Gasteiger partial charge in [0.05, 0.1) is 13.1 Å². The van der Waals surface area contributed by atoms with Crippen LogP contribution in [-0.2, 0) is 4.79 Å². The summed E-state index contributed by atoms with van der Waals surface area (Å²) in [4.78, 5) is 28.4. The second kappa shape index (κ2) is 7.85. The largest absolute Gasteiger partial charge is 0.401 e. The van der Waals surface area contributed by atoms with Crippen LogP contribution in [0.25, 0.3) is 0 Å². The van der Waals surface area contributed by atoms with E-state index in [0.29, 0.717) is 19.5 Å². The predicted octanol–water partition coefficient (Wildman–Crippen LogP) is 0.888. The van der Waals surface area contributed by atoms with Crippen molar-refractivity contribution < 1.29 is 22.8 Å². The third-order valence-corrected chi connectivity index (χ3v) is 4.13. The molecule has 2 aliphatic heterocycles. The number of alkyl halides is 3. The molecule has 132 valence electrons. The van der Waals surface area contributed by atoms with Gasteiger partial charge in [0.15, 0.2) is 0 Å². The number of nitrogens with one attached hydrogen (secondary N) is 1. The lowest BCUT2D eigenvalue weighted by atomic mass is 10.4. The zero-order valence-electron chi connectivity index (χ0n) is 13.1. The van der Waals surface area contributed by atoms with E-state index in [9.17, 15) is 22.8 Å². The minimum Gasteiger partial charge on any atom is -0.341 e. The fraction of sp³-hybridized carbons (Fsp3) is 0.857. The van der Waals surface area contributed by atoms with E-state index in [1.807, 2.05) is 0 Å². The fourth-order valence-electron chi connectivity index (χ4n) is 2.93. The number of hydrogen-bond donors (Lipinski definition) is 1. The number of urea groups is 1. The van der Waals surface area contributed by atoms with Gasteiger partial charge in [-0.15, -0.1) is 0 Å². The zero-order valence-corrected chi connectivity index (χ0v) is 13.1. The predicted molar refractivity (Wildman–Crippen MR) is 77.9 cm³/mol. The lowest BCUT2D eigenvalue weighted by Crippen LogP contribution is -2.46. The molecular weight excluding hydrogens is 313 g/mol. The maximum Gasteiger partial charge on any atom is 0.401 e. The van der Waals surface area contributed by atoms with Gasteiger partial charge in [-0.05, 0) is 19.3 Å². The third-order valence-electron chi connectivity index (χ3n) is 4.13. The van der Waals surface area contributed by atoms with Gasteiger partial charge < -0.3 is 15.1 Å². The summed E-state index contributed by atoms with van der Waals surface area (Å²) >= 11 is 0. The lowest BCUT2D eigenvalue weighted by molar-refractivity contribution is -0.145. The molecule has 9 heteroatoms. The minimum atomic E-state index is -4.22. The summed E-state index contributed by atoms with van der Waals surface area (Å²) in [6.07, 6.45) is -1.76. The monoisotopic (exact) mass is 336 g/mol. The molecule has 1 N–H and O–H groups in total. The number of carbonyl (C=O) groups excluding carboxylic acids is 2. The Kier molecular flexibility index (Phi) is 6.09. The van der Waals surface area contributed by atoms with Crippen LogP contribution in [0, 0.1) is 0 Å². The molecule has 0 saturated carbocycles. The van der Waals surface area contributed by atoms with E-state index >= 15 is 0 Å². The van der Waals surface area contributed by atoms with Crippen molar-refractivity contribution in [1.82, 2.24) is 20.0 Å². The van der Waals surface area contributed by atoms with Gasteiger partial charge in [0.25, 0.3) is 0 Å². The lowest BCUT2D eigenvalue weighted by Gasteiger charge is -2.23. The number of halogens is 3. The first-order valence-corrected chi connectivity index (χ1v) is 7.95. The van der Waals surface area contributed by atoms with Gasteiger partial charge in [-0.3, -0.25) is 9.69 Å². The molecule has 2 fully saturated rings. The summed E-state index contributed by atoms with van der Waals surface area (Å²) in [5.41, 5.74) is 0. The quantitative estimate of drug-likeness (QED) is 0.833. The van der Waals surface area contributed by atoms with Gasteiger partial charge in [-0.25, -0.2) is 4.79 Å². The summed E-state index contributed by atoms with van der Waals surface area (Å²) < 4.78 is 37.2. The van der Waals surface area contributed by atoms with Crippen LogP contribution in [0.2, 0.25) is 0 Å². The third kappa shape index (κ3) is 5.89. The van der Waals surface area contributed by atoms with Gasteiger partial charge >= 0.3 is 12.2 Å². The van der Waals surface area contributed by atoms with E-state index in [4.69, 9.17) is 0 Å². The Morgan fingerprint density at radius 2 is 1.52 bits per heavy atom. The molecule has 2 aliphatic rings. The molecule has 2 rings (SSSR count). The highest BCUT2D eigenvalue weighted by molar-refractivity contribution is 5.84. The van der Waals surface area contributed by atoms with Gasteiger partial charge in [0.2, 0.25) is 5.91 Å². The van der Waals surface area contributed by atoms with Gasteiger partial charge in [0.1, 0.15) is 0 Å². The van der Waals surface area contributed by atoms with Crippen LogP contribution in [-0.4, -0.2) is 85.2 Å². The van der Waals surface area contributed by atoms with Crippen molar-refractivity contribution in [3.05, 3.63) is 0 Å². The molecule has 0 atom stereocenters. The Balaban J connectivity index is 1.73. The molecule has 0 aliphatic carbocycles. The van der Waals surface area contributed by atoms with E-state index in [0.717, 1.165) is 25.9 Å². The van der Waals surface area contributed by atoms with Crippen LogP contribution in [0.4, 0.5) is 18.0 Å². The van der Waals surface area contributed by atoms with Crippen molar-refractivity contribution in [2.45, 2.75) is 25.4 Å². The normalized spacial score (nSPS) is 20.5. The first kappa shape index (κ1) is 17.8. The second-order valence-electron chi connectivity index (χ2n) is 5.98. The number of nitrogens with zero attached hydrogens (tertiary/aromatic N) is 3. The molecule has 0 aromatic heterocycles. The summed E-state index contributed by atoms with van der Waals surface area (Å²) in [6.45, 7) is 1.59. The van der Waals surface area contributed by atoms with Crippen LogP contribution in [0.3, 0.4) is 0 Å². The van der Waals surface area contributed by atoms with E-state index in [-0.39, 0.29) is 31.6 Å². The average Bonchev–Trinajstić information content (AvgIpc) is 2.91. The van der Waals surface area contributed by atoms with Crippen LogP contribution in [0.1, 0.15) is 19.3 Å². The van der Waals surface area contributed by atoms with Gasteiger partial charge in [-0.1, -0.05) is 0 Å². The highest BCUT2D eigenvalue weighted by Gasteiger charge is 2.32. The van der Waals surface area contributed by atoms with Crippen LogP contribution in [0.5, 0.6) is 0 Å². The molecule has 3 amide bonds. The highest BCUT2D eigenvalue weighted by Crippen LogP contribution is 2.17. The summed E-state index contributed by atoms with van der Waals surface area (Å²) in [6, 6.07) is -0.383. The van der Waals surface area contributed by atoms with Crippen molar-refractivity contribution in [3.8, 4) is 0 Å². The molecule has 6 nitrogen and oxygen atoms in total. The van der Waals surface area contributed by atoms with Crippen molar-refractivity contribution in [2.75, 3.05) is 52.4 Å². The van der Waals surface area contributed by atoms with Crippen LogP contribution < -0.4 is 5.32 Å². The maximum atomic E-state index is 12.4. The molecule has 0 bridgehead atoms. The number of amides is 3. The fourth-order valence-corrected chi connectivity index (χ4v) is 2.93. The highest BCUT2D eigenvalue weighted by atomic mass is 19.4. The molecule has 0 radical (unpaired) electrons. The molecule has 2 saturated heterocycles. The molecule has 0 aromatic rings. The molecule has 2 heterocycles. The number of likely N-dealkylation sites (tertiary alicyclic amines) is 1. The Morgan fingerprint density at radius 3 is 2.17 bits per heavy atom. The maximum absolute atomic E-state index is 12.4. The Bertz CT molecular complexity index is 425. The Labute approximate surface area is 133 Å². The number of hydrogen-bond acceptors (Lipinski definition) is 3. The van der Waals surface area contributed by atoms with E-state index in [2.05, 4.69) is 5.32 Å². The van der Waals surface area contributed by atoms with Crippen molar-refractivity contribution >= 4 is 11.9 Å². The Hall–Kier alpha value is -1.51. The Morgan fingerprint density at radius 1 is 0.870 bits per heavy atom. The molecular formula is C14H23F3N4O2.